The van der Waals surface area contributed by atoms with Gasteiger partial charge in [-0.2, -0.15) is 0 Å². The molecule has 9 heteroatoms. The molecular formula is C17H16FN3O5. The maximum atomic E-state index is 12.8. The van der Waals surface area contributed by atoms with E-state index in [0.717, 1.165) is 0 Å². The minimum absolute atomic E-state index is 0.105. The third-order valence-corrected chi connectivity index (χ3v) is 3.45. The predicted octanol–water partition coefficient (Wildman–Crippen LogP) is 2.27. The number of rotatable bonds is 5. The van der Waals surface area contributed by atoms with Gasteiger partial charge in [-0.15, -0.1) is 0 Å². The second-order valence-corrected chi connectivity index (χ2v) is 5.42. The molecule has 2 rings (SSSR count). The number of aryl methyl sites for hydroxylation is 1. The van der Waals surface area contributed by atoms with E-state index in [1.807, 2.05) is 0 Å². The summed E-state index contributed by atoms with van der Waals surface area (Å²) in [6.07, 6.45) is -0.945. The number of carbonyl (C=O) groups excluding carboxylic acids is 2. The van der Waals surface area contributed by atoms with Crippen LogP contribution in [0, 0.1) is 22.9 Å². The highest BCUT2D eigenvalue weighted by atomic mass is 19.1. The van der Waals surface area contributed by atoms with Crippen LogP contribution in [0.25, 0.3) is 0 Å². The number of amides is 2. The Hall–Kier alpha value is -3.49. The first-order valence-electron chi connectivity index (χ1n) is 7.55. The van der Waals surface area contributed by atoms with Gasteiger partial charge in [0, 0.05) is 17.2 Å². The maximum Gasteiger partial charge on any atom is 0.279 e. The summed E-state index contributed by atoms with van der Waals surface area (Å²) in [6.45, 7) is 2.97. The summed E-state index contributed by atoms with van der Waals surface area (Å²) in [6, 6.07) is 8.97. The van der Waals surface area contributed by atoms with Crippen LogP contribution in [-0.2, 0) is 4.79 Å². The minimum atomic E-state index is -0.945. The predicted molar refractivity (Wildman–Crippen MR) is 89.9 cm³/mol. The number of benzene rings is 2. The summed E-state index contributed by atoms with van der Waals surface area (Å²) >= 11 is 0. The van der Waals surface area contributed by atoms with Crippen molar-refractivity contribution in [2.75, 3.05) is 0 Å². The number of hydrogen-bond acceptors (Lipinski definition) is 5. The van der Waals surface area contributed by atoms with Crippen LogP contribution in [0.15, 0.2) is 42.5 Å². The van der Waals surface area contributed by atoms with Crippen LogP contribution in [0.3, 0.4) is 0 Å². The molecule has 0 bridgehead atoms. The highest BCUT2D eigenvalue weighted by molar-refractivity contribution is 5.96. The molecule has 2 aromatic rings. The first-order valence-corrected chi connectivity index (χ1v) is 7.55. The highest BCUT2D eigenvalue weighted by Crippen LogP contribution is 2.18. The molecular weight excluding hydrogens is 345 g/mol. The van der Waals surface area contributed by atoms with Gasteiger partial charge in [0.05, 0.1) is 4.92 Å². The molecule has 8 nitrogen and oxygen atoms in total. The van der Waals surface area contributed by atoms with Gasteiger partial charge in [0.25, 0.3) is 17.5 Å². The Morgan fingerprint density at radius 2 is 1.81 bits per heavy atom. The third kappa shape index (κ3) is 4.76. The van der Waals surface area contributed by atoms with Crippen LogP contribution in [0.4, 0.5) is 10.1 Å². The van der Waals surface area contributed by atoms with Crippen LogP contribution in [0.2, 0.25) is 0 Å². The molecule has 0 aliphatic heterocycles. The van der Waals surface area contributed by atoms with E-state index in [0.29, 0.717) is 11.3 Å². The Kier molecular flexibility index (Phi) is 5.84. The molecule has 0 unspecified atom stereocenters. The molecule has 0 aromatic heterocycles. The van der Waals surface area contributed by atoms with E-state index in [4.69, 9.17) is 4.74 Å². The van der Waals surface area contributed by atoms with E-state index in [9.17, 15) is 24.1 Å². The van der Waals surface area contributed by atoms with Crippen molar-refractivity contribution >= 4 is 17.5 Å². The van der Waals surface area contributed by atoms with Crippen molar-refractivity contribution in [2.24, 2.45) is 0 Å². The van der Waals surface area contributed by atoms with Gasteiger partial charge in [-0.05, 0) is 50.2 Å². The molecule has 26 heavy (non-hydrogen) atoms. The summed E-state index contributed by atoms with van der Waals surface area (Å²) in [7, 11) is 0. The van der Waals surface area contributed by atoms with Gasteiger partial charge < -0.3 is 4.74 Å². The fraction of sp³-hybridized carbons (Fsp3) is 0.176. The fourth-order valence-electron chi connectivity index (χ4n) is 2.06. The molecule has 0 radical (unpaired) electrons. The van der Waals surface area contributed by atoms with Gasteiger partial charge in [0.15, 0.2) is 6.10 Å². The Morgan fingerprint density at radius 3 is 2.38 bits per heavy atom. The van der Waals surface area contributed by atoms with Crippen molar-refractivity contribution in [1.29, 1.82) is 0 Å². The Labute approximate surface area is 148 Å². The molecule has 136 valence electrons. The average Bonchev–Trinajstić information content (AvgIpc) is 2.60. The lowest BCUT2D eigenvalue weighted by atomic mass is 10.1. The van der Waals surface area contributed by atoms with Gasteiger partial charge in [-0.3, -0.25) is 30.6 Å². The average molecular weight is 361 g/mol. The van der Waals surface area contributed by atoms with E-state index < -0.39 is 28.7 Å². The van der Waals surface area contributed by atoms with Crippen molar-refractivity contribution in [3.63, 3.8) is 0 Å². The van der Waals surface area contributed by atoms with Crippen LogP contribution >= 0.6 is 0 Å². The molecule has 0 aliphatic rings. The number of carbonyl (C=O) groups is 2. The third-order valence-electron chi connectivity index (χ3n) is 3.45. The van der Waals surface area contributed by atoms with E-state index in [1.165, 1.54) is 56.3 Å². The zero-order valence-electron chi connectivity index (χ0n) is 14.0. The minimum Gasteiger partial charge on any atom is -0.481 e. The second kappa shape index (κ2) is 8.06. The standard InChI is InChI=1S/C17H16FN3O5/c1-10-9-12(3-8-15(10)21(24)25)17(23)20-19-16(22)11(2)26-14-6-4-13(18)5-7-14/h3-9,11H,1-2H3,(H,19,22)(H,20,23)/t11-/m0/s1. The van der Waals surface area contributed by atoms with E-state index in [1.54, 1.807) is 0 Å². The number of nitro benzene ring substituents is 1. The van der Waals surface area contributed by atoms with Gasteiger partial charge in [-0.25, -0.2) is 4.39 Å². The quantitative estimate of drug-likeness (QED) is 0.627. The van der Waals surface area contributed by atoms with E-state index >= 15 is 0 Å². The van der Waals surface area contributed by atoms with Gasteiger partial charge in [0.2, 0.25) is 0 Å². The number of halogens is 1. The zero-order valence-corrected chi connectivity index (χ0v) is 14.0. The molecule has 0 fully saturated rings. The Balaban J connectivity index is 1.91. The molecule has 0 saturated carbocycles. The largest absolute Gasteiger partial charge is 0.481 e. The van der Waals surface area contributed by atoms with Gasteiger partial charge in [-0.1, -0.05) is 0 Å². The van der Waals surface area contributed by atoms with Crippen molar-refractivity contribution in [2.45, 2.75) is 20.0 Å². The lowest BCUT2D eigenvalue weighted by molar-refractivity contribution is -0.385. The molecule has 1 atom stereocenters. The molecule has 0 spiro atoms. The lowest BCUT2D eigenvalue weighted by Gasteiger charge is -2.15. The summed E-state index contributed by atoms with van der Waals surface area (Å²) in [5.41, 5.74) is 4.77. The molecule has 0 saturated heterocycles. The van der Waals surface area contributed by atoms with Gasteiger partial charge in [0.1, 0.15) is 11.6 Å². The first kappa shape index (κ1) is 18.8. The maximum absolute atomic E-state index is 12.8. The number of hydrogen-bond donors (Lipinski definition) is 2. The first-order chi connectivity index (χ1) is 12.3. The number of nitrogens with one attached hydrogen (secondary N) is 2. The van der Waals surface area contributed by atoms with Crippen LogP contribution < -0.4 is 15.6 Å². The molecule has 2 amide bonds. The summed E-state index contributed by atoms with van der Waals surface area (Å²) in [5, 5.41) is 10.8. The number of ether oxygens (including phenoxy) is 1. The summed E-state index contributed by atoms with van der Waals surface area (Å²) in [4.78, 5) is 34.2. The fourth-order valence-corrected chi connectivity index (χ4v) is 2.06. The second-order valence-electron chi connectivity index (χ2n) is 5.42. The van der Waals surface area contributed by atoms with E-state index in [2.05, 4.69) is 10.9 Å². The van der Waals surface area contributed by atoms with Crippen molar-refractivity contribution < 1.29 is 23.6 Å². The van der Waals surface area contributed by atoms with E-state index in [-0.39, 0.29) is 11.3 Å². The Morgan fingerprint density at radius 1 is 1.15 bits per heavy atom. The number of nitrogens with zero attached hydrogens (tertiary/aromatic N) is 1. The molecule has 2 aromatic carbocycles. The van der Waals surface area contributed by atoms with Gasteiger partial charge >= 0.3 is 0 Å². The number of hydrazine groups is 1. The zero-order chi connectivity index (χ0) is 19.3. The molecule has 0 heterocycles. The van der Waals surface area contributed by atoms with Crippen LogP contribution in [0.5, 0.6) is 5.75 Å². The molecule has 2 N–H and O–H groups in total. The number of nitro groups is 1. The topological polar surface area (TPSA) is 111 Å². The van der Waals surface area contributed by atoms with Crippen molar-refractivity contribution in [3.8, 4) is 5.75 Å². The monoisotopic (exact) mass is 361 g/mol. The SMILES string of the molecule is Cc1cc(C(=O)NNC(=O)[C@H](C)Oc2ccc(F)cc2)ccc1[N+](=O)[O-]. The molecule has 0 aliphatic carbocycles. The van der Waals surface area contributed by atoms with Crippen LogP contribution in [-0.4, -0.2) is 22.8 Å². The van der Waals surface area contributed by atoms with Crippen LogP contribution in [0.1, 0.15) is 22.8 Å². The van der Waals surface area contributed by atoms with Crippen molar-refractivity contribution in [1.82, 2.24) is 10.9 Å². The summed E-state index contributed by atoms with van der Waals surface area (Å²) < 4.78 is 18.2. The smallest absolute Gasteiger partial charge is 0.279 e. The summed E-state index contributed by atoms with van der Waals surface area (Å²) in [5.74, 6) is -1.39. The lowest BCUT2D eigenvalue weighted by Crippen LogP contribution is -2.47. The highest BCUT2D eigenvalue weighted by Gasteiger charge is 2.17. The Bertz CT molecular complexity index is 839. The van der Waals surface area contributed by atoms with Crippen molar-refractivity contribution in [3.05, 3.63) is 69.5 Å². The normalized spacial score (nSPS) is 11.3.